The average molecular weight is 187 g/mol. The minimum absolute atomic E-state index is 0.0648. The van der Waals surface area contributed by atoms with E-state index in [0.29, 0.717) is 5.92 Å². The van der Waals surface area contributed by atoms with Crippen molar-refractivity contribution in [1.82, 2.24) is 4.90 Å². The van der Waals surface area contributed by atoms with Crippen molar-refractivity contribution in [2.45, 2.75) is 25.4 Å². The first-order chi connectivity index (χ1) is 6.24. The van der Waals surface area contributed by atoms with Crippen LogP contribution in [0, 0.1) is 5.92 Å². The van der Waals surface area contributed by atoms with E-state index in [2.05, 4.69) is 11.9 Å². The smallest absolute Gasteiger partial charge is 0.0589 e. The molecule has 1 rings (SSSR count). The molecule has 0 bridgehead atoms. The van der Waals surface area contributed by atoms with Crippen molar-refractivity contribution < 1.29 is 9.84 Å². The molecule has 0 spiro atoms. The first kappa shape index (κ1) is 11.0. The second-order valence-corrected chi connectivity index (χ2v) is 4.01. The molecule has 13 heavy (non-hydrogen) atoms. The SMILES string of the molecule is COCCN(C)CC1CCCC1O. The fourth-order valence-electron chi connectivity index (χ4n) is 1.97. The van der Waals surface area contributed by atoms with Gasteiger partial charge in [0.05, 0.1) is 12.7 Å². The Kier molecular flexibility index (Phi) is 4.70. The molecule has 1 aliphatic carbocycles. The molecule has 3 nitrogen and oxygen atoms in total. The van der Waals surface area contributed by atoms with E-state index in [-0.39, 0.29) is 6.10 Å². The fraction of sp³-hybridized carbons (Fsp3) is 1.00. The zero-order chi connectivity index (χ0) is 9.68. The van der Waals surface area contributed by atoms with Crippen molar-refractivity contribution in [1.29, 1.82) is 0 Å². The molecule has 3 heteroatoms. The van der Waals surface area contributed by atoms with Crippen LogP contribution < -0.4 is 0 Å². The Morgan fingerprint density at radius 3 is 2.77 bits per heavy atom. The Hall–Kier alpha value is -0.120. The molecule has 2 unspecified atom stereocenters. The van der Waals surface area contributed by atoms with Crippen LogP contribution in [0.2, 0.25) is 0 Å². The third kappa shape index (κ3) is 3.63. The molecule has 0 aromatic heterocycles. The zero-order valence-electron chi connectivity index (χ0n) is 8.70. The van der Waals surface area contributed by atoms with Crippen LogP contribution in [0.3, 0.4) is 0 Å². The van der Waals surface area contributed by atoms with Crippen molar-refractivity contribution in [3.63, 3.8) is 0 Å². The molecule has 1 saturated carbocycles. The standard InChI is InChI=1S/C10H21NO2/c1-11(6-7-13-2)8-9-4-3-5-10(9)12/h9-10,12H,3-8H2,1-2H3. The van der Waals surface area contributed by atoms with E-state index >= 15 is 0 Å². The van der Waals surface area contributed by atoms with Gasteiger partial charge in [-0.2, -0.15) is 0 Å². The van der Waals surface area contributed by atoms with Gasteiger partial charge in [-0.1, -0.05) is 6.42 Å². The molecule has 0 aromatic rings. The normalized spacial score (nSPS) is 28.6. The number of aliphatic hydroxyl groups excluding tert-OH is 1. The van der Waals surface area contributed by atoms with Crippen LogP contribution in [-0.2, 0) is 4.74 Å². The summed E-state index contributed by atoms with van der Waals surface area (Å²) in [5.41, 5.74) is 0. The molecule has 1 N–H and O–H groups in total. The van der Waals surface area contributed by atoms with Crippen molar-refractivity contribution >= 4 is 0 Å². The summed E-state index contributed by atoms with van der Waals surface area (Å²) in [7, 11) is 3.81. The highest BCUT2D eigenvalue weighted by Crippen LogP contribution is 2.25. The van der Waals surface area contributed by atoms with E-state index in [1.807, 2.05) is 0 Å². The van der Waals surface area contributed by atoms with Gasteiger partial charge < -0.3 is 14.7 Å². The lowest BCUT2D eigenvalue weighted by Gasteiger charge is -2.22. The molecule has 0 saturated heterocycles. The topological polar surface area (TPSA) is 32.7 Å². The Balaban J connectivity index is 2.15. The maximum atomic E-state index is 9.61. The Morgan fingerprint density at radius 2 is 2.23 bits per heavy atom. The molecule has 78 valence electrons. The number of methoxy groups -OCH3 is 1. The number of nitrogens with zero attached hydrogens (tertiary/aromatic N) is 1. The van der Waals surface area contributed by atoms with E-state index in [0.717, 1.165) is 26.1 Å². The Bertz CT molecular complexity index is 141. The predicted octanol–water partition coefficient (Wildman–Crippen LogP) is 0.726. The summed E-state index contributed by atoms with van der Waals surface area (Å²) in [4.78, 5) is 2.24. The number of hydrogen-bond acceptors (Lipinski definition) is 3. The first-order valence-electron chi connectivity index (χ1n) is 5.09. The van der Waals surface area contributed by atoms with E-state index in [1.165, 1.54) is 12.8 Å². The summed E-state index contributed by atoms with van der Waals surface area (Å²) >= 11 is 0. The molecular weight excluding hydrogens is 166 g/mol. The van der Waals surface area contributed by atoms with Gasteiger partial charge in [-0.05, 0) is 25.8 Å². The maximum absolute atomic E-state index is 9.61. The number of likely N-dealkylation sites (N-methyl/N-ethyl adjacent to an activating group) is 1. The predicted molar refractivity (Wildman–Crippen MR) is 52.7 cm³/mol. The zero-order valence-corrected chi connectivity index (χ0v) is 8.70. The van der Waals surface area contributed by atoms with Crippen LogP contribution in [0.15, 0.2) is 0 Å². The van der Waals surface area contributed by atoms with Gasteiger partial charge in [-0.25, -0.2) is 0 Å². The van der Waals surface area contributed by atoms with E-state index in [1.54, 1.807) is 7.11 Å². The molecular formula is C10H21NO2. The van der Waals surface area contributed by atoms with Gasteiger partial charge in [0, 0.05) is 20.2 Å². The average Bonchev–Trinajstić information content (AvgIpc) is 2.48. The quantitative estimate of drug-likeness (QED) is 0.688. The monoisotopic (exact) mass is 187 g/mol. The minimum atomic E-state index is -0.0648. The van der Waals surface area contributed by atoms with Crippen LogP contribution >= 0.6 is 0 Å². The number of ether oxygens (including phenoxy) is 1. The van der Waals surface area contributed by atoms with Gasteiger partial charge in [0.1, 0.15) is 0 Å². The number of hydrogen-bond donors (Lipinski definition) is 1. The van der Waals surface area contributed by atoms with E-state index < -0.39 is 0 Å². The van der Waals surface area contributed by atoms with Gasteiger partial charge in [0.2, 0.25) is 0 Å². The summed E-state index contributed by atoms with van der Waals surface area (Å²) in [6.07, 6.45) is 3.29. The summed E-state index contributed by atoms with van der Waals surface area (Å²) in [5, 5.41) is 9.61. The lowest BCUT2D eigenvalue weighted by atomic mass is 10.1. The van der Waals surface area contributed by atoms with Crippen LogP contribution in [-0.4, -0.2) is 50.0 Å². The van der Waals surface area contributed by atoms with Crippen molar-refractivity contribution in [3.05, 3.63) is 0 Å². The molecule has 0 aromatic carbocycles. The highest BCUT2D eigenvalue weighted by molar-refractivity contribution is 4.78. The molecule has 0 radical (unpaired) electrons. The fourth-order valence-corrected chi connectivity index (χ4v) is 1.97. The second kappa shape index (κ2) is 5.58. The van der Waals surface area contributed by atoms with E-state index in [9.17, 15) is 5.11 Å². The lowest BCUT2D eigenvalue weighted by molar-refractivity contribution is 0.0968. The summed E-state index contributed by atoms with van der Waals surface area (Å²) in [6.45, 7) is 2.74. The van der Waals surface area contributed by atoms with Gasteiger partial charge in [0.15, 0.2) is 0 Å². The van der Waals surface area contributed by atoms with Crippen LogP contribution in [0.5, 0.6) is 0 Å². The van der Waals surface area contributed by atoms with Crippen LogP contribution in [0.1, 0.15) is 19.3 Å². The molecule has 0 amide bonds. The second-order valence-electron chi connectivity index (χ2n) is 4.01. The summed E-state index contributed by atoms with van der Waals surface area (Å²) in [6, 6.07) is 0. The maximum Gasteiger partial charge on any atom is 0.0589 e. The highest BCUT2D eigenvalue weighted by Gasteiger charge is 2.25. The minimum Gasteiger partial charge on any atom is -0.393 e. The van der Waals surface area contributed by atoms with Gasteiger partial charge in [-0.15, -0.1) is 0 Å². The molecule has 1 fully saturated rings. The number of rotatable bonds is 5. The lowest BCUT2D eigenvalue weighted by Crippen LogP contribution is -2.31. The third-order valence-electron chi connectivity index (χ3n) is 2.84. The molecule has 0 heterocycles. The first-order valence-corrected chi connectivity index (χ1v) is 5.09. The Morgan fingerprint density at radius 1 is 1.46 bits per heavy atom. The molecule has 1 aliphatic rings. The summed E-state index contributed by atoms with van der Waals surface area (Å²) < 4.78 is 5.00. The van der Waals surface area contributed by atoms with Crippen molar-refractivity contribution in [2.24, 2.45) is 5.92 Å². The molecule has 0 aliphatic heterocycles. The Labute approximate surface area is 80.7 Å². The molecule has 2 atom stereocenters. The van der Waals surface area contributed by atoms with Crippen molar-refractivity contribution in [2.75, 3.05) is 33.9 Å². The van der Waals surface area contributed by atoms with Crippen LogP contribution in [0.4, 0.5) is 0 Å². The van der Waals surface area contributed by atoms with Crippen molar-refractivity contribution in [3.8, 4) is 0 Å². The summed E-state index contributed by atoms with van der Waals surface area (Å²) in [5.74, 6) is 0.488. The van der Waals surface area contributed by atoms with Gasteiger partial charge >= 0.3 is 0 Å². The largest absolute Gasteiger partial charge is 0.393 e. The van der Waals surface area contributed by atoms with Gasteiger partial charge in [0.25, 0.3) is 0 Å². The number of aliphatic hydroxyl groups is 1. The van der Waals surface area contributed by atoms with E-state index in [4.69, 9.17) is 4.74 Å². The third-order valence-corrected chi connectivity index (χ3v) is 2.84. The van der Waals surface area contributed by atoms with Crippen LogP contribution in [0.25, 0.3) is 0 Å². The highest BCUT2D eigenvalue weighted by atomic mass is 16.5. The van der Waals surface area contributed by atoms with Gasteiger partial charge in [-0.3, -0.25) is 0 Å².